The van der Waals surface area contributed by atoms with Crippen LogP contribution in [0.5, 0.6) is 0 Å². The number of hydrogen-bond acceptors (Lipinski definition) is 6. The molecule has 0 saturated carbocycles. The van der Waals surface area contributed by atoms with Gasteiger partial charge >= 0.3 is 5.88 Å². The lowest BCUT2D eigenvalue weighted by molar-refractivity contribution is -0.402. The van der Waals surface area contributed by atoms with Crippen molar-refractivity contribution in [3.63, 3.8) is 0 Å². The fourth-order valence-electron chi connectivity index (χ4n) is 1.67. The van der Waals surface area contributed by atoms with Gasteiger partial charge in [0.05, 0.1) is 23.3 Å². The minimum absolute atomic E-state index is 0.278. The standard InChI is InChI=1S/C12H9N5O3/c18-17(19)11-6-5-8(20-11)7-13-16-12-14-9-3-1-2-4-10(9)15-12/h1-7H,(H2,14,15,16)/b13-7+. The Bertz CT molecular complexity index is 756. The fourth-order valence-corrected chi connectivity index (χ4v) is 1.67. The highest BCUT2D eigenvalue weighted by molar-refractivity contribution is 5.79. The third-order valence-corrected chi connectivity index (χ3v) is 2.54. The van der Waals surface area contributed by atoms with Crippen LogP contribution in [-0.4, -0.2) is 21.1 Å². The predicted molar refractivity (Wildman–Crippen MR) is 72.7 cm³/mol. The van der Waals surface area contributed by atoms with Crippen molar-refractivity contribution in [1.29, 1.82) is 0 Å². The summed E-state index contributed by atoms with van der Waals surface area (Å²) in [5.74, 6) is 0.430. The van der Waals surface area contributed by atoms with Gasteiger partial charge in [-0.3, -0.25) is 10.1 Å². The second-order valence-electron chi connectivity index (χ2n) is 3.91. The smallest absolute Gasteiger partial charge is 0.400 e. The molecule has 0 aliphatic rings. The number of aromatic amines is 1. The van der Waals surface area contributed by atoms with Gasteiger partial charge in [-0.05, 0) is 18.2 Å². The van der Waals surface area contributed by atoms with Crippen molar-refractivity contribution in [2.75, 3.05) is 5.43 Å². The molecule has 0 aliphatic heterocycles. The van der Waals surface area contributed by atoms with Crippen LogP contribution in [0.15, 0.2) is 45.9 Å². The summed E-state index contributed by atoms with van der Waals surface area (Å²) in [6, 6.07) is 10.3. The van der Waals surface area contributed by atoms with Gasteiger partial charge in [0.25, 0.3) is 0 Å². The highest BCUT2D eigenvalue weighted by atomic mass is 16.6. The lowest BCUT2D eigenvalue weighted by Gasteiger charge is -1.91. The molecule has 2 heterocycles. The largest absolute Gasteiger partial charge is 0.433 e. The number of nitrogens with zero attached hydrogens (tertiary/aromatic N) is 3. The van der Waals surface area contributed by atoms with E-state index in [-0.39, 0.29) is 11.6 Å². The van der Waals surface area contributed by atoms with Crippen LogP contribution in [0.4, 0.5) is 11.8 Å². The second kappa shape index (κ2) is 4.84. The number of H-pyrrole nitrogens is 1. The van der Waals surface area contributed by atoms with Crippen molar-refractivity contribution >= 4 is 29.1 Å². The van der Waals surface area contributed by atoms with Gasteiger partial charge in [0.2, 0.25) is 5.95 Å². The molecule has 3 aromatic rings. The zero-order chi connectivity index (χ0) is 13.9. The van der Waals surface area contributed by atoms with Crippen LogP contribution in [-0.2, 0) is 0 Å². The van der Waals surface area contributed by atoms with Gasteiger partial charge in [0, 0.05) is 0 Å². The van der Waals surface area contributed by atoms with E-state index in [1.54, 1.807) is 0 Å². The first kappa shape index (κ1) is 11.9. The van der Waals surface area contributed by atoms with E-state index in [4.69, 9.17) is 4.42 Å². The third-order valence-electron chi connectivity index (χ3n) is 2.54. The Labute approximate surface area is 112 Å². The number of aromatic nitrogens is 2. The van der Waals surface area contributed by atoms with Crippen molar-refractivity contribution in [2.45, 2.75) is 0 Å². The number of hydrazone groups is 1. The Hall–Kier alpha value is -3.16. The highest BCUT2D eigenvalue weighted by Crippen LogP contribution is 2.15. The quantitative estimate of drug-likeness (QED) is 0.430. The number of hydrogen-bond donors (Lipinski definition) is 2. The number of nitrogens with one attached hydrogen (secondary N) is 2. The molecule has 8 heteroatoms. The summed E-state index contributed by atoms with van der Waals surface area (Å²) < 4.78 is 4.92. The van der Waals surface area contributed by atoms with E-state index in [9.17, 15) is 10.1 Å². The van der Waals surface area contributed by atoms with Gasteiger partial charge in [0.1, 0.15) is 4.92 Å². The van der Waals surface area contributed by atoms with Crippen LogP contribution in [0.25, 0.3) is 11.0 Å². The maximum absolute atomic E-state index is 10.4. The van der Waals surface area contributed by atoms with E-state index in [0.29, 0.717) is 5.95 Å². The van der Waals surface area contributed by atoms with Gasteiger partial charge in [-0.2, -0.15) is 5.10 Å². The van der Waals surface area contributed by atoms with Crippen LogP contribution in [0.3, 0.4) is 0 Å². The summed E-state index contributed by atoms with van der Waals surface area (Å²) >= 11 is 0. The van der Waals surface area contributed by atoms with Gasteiger partial charge in [0.15, 0.2) is 5.76 Å². The lowest BCUT2D eigenvalue weighted by Crippen LogP contribution is -1.91. The first-order chi connectivity index (χ1) is 9.72. The molecule has 8 nitrogen and oxygen atoms in total. The van der Waals surface area contributed by atoms with Gasteiger partial charge in [-0.15, -0.1) is 0 Å². The number of rotatable bonds is 4. The number of furan rings is 1. The molecule has 1 aromatic carbocycles. The zero-order valence-electron chi connectivity index (χ0n) is 10.1. The normalized spacial score (nSPS) is 11.2. The topological polar surface area (TPSA) is 109 Å². The lowest BCUT2D eigenvalue weighted by atomic mass is 10.3. The molecule has 0 spiro atoms. The Morgan fingerprint density at radius 2 is 2.20 bits per heavy atom. The van der Waals surface area contributed by atoms with Crippen molar-refractivity contribution < 1.29 is 9.34 Å². The van der Waals surface area contributed by atoms with Gasteiger partial charge in [-0.1, -0.05) is 12.1 Å². The molecule has 0 fully saturated rings. The molecule has 0 amide bonds. The zero-order valence-corrected chi connectivity index (χ0v) is 10.1. The number of nitro groups is 1. The van der Waals surface area contributed by atoms with Crippen LogP contribution < -0.4 is 5.43 Å². The van der Waals surface area contributed by atoms with E-state index >= 15 is 0 Å². The molecule has 0 aliphatic carbocycles. The minimum Gasteiger partial charge on any atom is -0.400 e. The van der Waals surface area contributed by atoms with Crippen LogP contribution in [0.2, 0.25) is 0 Å². The molecular weight excluding hydrogens is 262 g/mol. The number of para-hydroxylation sites is 2. The highest BCUT2D eigenvalue weighted by Gasteiger charge is 2.10. The van der Waals surface area contributed by atoms with E-state index in [1.165, 1.54) is 18.3 Å². The fraction of sp³-hybridized carbons (Fsp3) is 0. The molecule has 20 heavy (non-hydrogen) atoms. The summed E-state index contributed by atoms with van der Waals surface area (Å²) in [4.78, 5) is 17.1. The SMILES string of the molecule is O=[N+]([O-])c1ccc(/C=N/Nc2nc3ccccc3[nH]2)o1. The van der Waals surface area contributed by atoms with Crippen LogP contribution in [0, 0.1) is 10.1 Å². The summed E-state index contributed by atoms with van der Waals surface area (Å²) in [7, 11) is 0. The molecule has 0 saturated heterocycles. The summed E-state index contributed by atoms with van der Waals surface area (Å²) in [5, 5.41) is 14.3. The molecule has 0 radical (unpaired) electrons. The first-order valence-electron chi connectivity index (χ1n) is 5.70. The number of fused-ring (bicyclic) bond motifs is 1. The minimum atomic E-state index is -0.607. The monoisotopic (exact) mass is 271 g/mol. The molecule has 3 rings (SSSR count). The van der Waals surface area contributed by atoms with Crippen LogP contribution in [0.1, 0.15) is 5.76 Å². The van der Waals surface area contributed by atoms with Crippen LogP contribution >= 0.6 is 0 Å². The van der Waals surface area contributed by atoms with E-state index in [1.807, 2.05) is 24.3 Å². The summed E-state index contributed by atoms with van der Waals surface area (Å²) in [6.45, 7) is 0. The van der Waals surface area contributed by atoms with Crippen molar-refractivity contribution in [2.24, 2.45) is 5.10 Å². The third kappa shape index (κ3) is 2.34. The van der Waals surface area contributed by atoms with E-state index in [0.717, 1.165) is 11.0 Å². The average molecular weight is 271 g/mol. The van der Waals surface area contributed by atoms with Crippen molar-refractivity contribution in [3.05, 3.63) is 52.3 Å². The number of benzene rings is 1. The predicted octanol–water partition coefficient (Wildman–Crippen LogP) is 2.51. The van der Waals surface area contributed by atoms with E-state index in [2.05, 4.69) is 20.5 Å². The Balaban J connectivity index is 1.71. The van der Waals surface area contributed by atoms with Crippen molar-refractivity contribution in [3.8, 4) is 0 Å². The first-order valence-corrected chi connectivity index (χ1v) is 5.70. The number of anilines is 1. The maximum Gasteiger partial charge on any atom is 0.433 e. The van der Waals surface area contributed by atoms with Crippen molar-refractivity contribution in [1.82, 2.24) is 9.97 Å². The molecule has 0 atom stereocenters. The summed E-state index contributed by atoms with van der Waals surface area (Å²) in [6.07, 6.45) is 1.33. The molecule has 0 bridgehead atoms. The molecule has 2 N–H and O–H groups in total. The summed E-state index contributed by atoms with van der Waals surface area (Å²) in [5.41, 5.74) is 4.40. The average Bonchev–Trinajstić information content (AvgIpc) is 3.04. The van der Waals surface area contributed by atoms with Gasteiger partial charge < -0.3 is 9.40 Å². The Kier molecular flexibility index (Phi) is 2.88. The Morgan fingerprint density at radius 1 is 1.35 bits per heavy atom. The molecule has 100 valence electrons. The second-order valence-corrected chi connectivity index (χ2v) is 3.91. The van der Waals surface area contributed by atoms with E-state index < -0.39 is 4.92 Å². The van der Waals surface area contributed by atoms with Gasteiger partial charge in [-0.25, -0.2) is 10.4 Å². The maximum atomic E-state index is 10.4. The number of imidazole rings is 1. The molecule has 2 aromatic heterocycles. The molecule has 0 unspecified atom stereocenters. The Morgan fingerprint density at radius 3 is 2.95 bits per heavy atom. The molecular formula is C12H9N5O3.